The predicted octanol–water partition coefficient (Wildman–Crippen LogP) is 1.66. The number of hydrogen-bond donors (Lipinski definition) is 2. The summed E-state index contributed by atoms with van der Waals surface area (Å²) in [6.45, 7) is 1.85. The molecule has 2 rings (SSSR count). The van der Waals surface area contributed by atoms with Crippen molar-refractivity contribution in [3.63, 3.8) is 0 Å². The molecule has 0 saturated carbocycles. The van der Waals surface area contributed by atoms with Gasteiger partial charge in [-0.3, -0.25) is 4.79 Å². The molecule has 1 aliphatic rings. The van der Waals surface area contributed by atoms with E-state index in [1.807, 2.05) is 13.0 Å². The van der Waals surface area contributed by atoms with Crippen LogP contribution in [0, 0.1) is 0 Å². The molecule has 0 bridgehead atoms. The lowest BCUT2D eigenvalue weighted by molar-refractivity contribution is 0.708. The number of nitrogens with one attached hydrogen (secondary N) is 1. The molecule has 15 heavy (non-hydrogen) atoms. The van der Waals surface area contributed by atoms with Crippen molar-refractivity contribution in [2.24, 2.45) is 5.73 Å². The highest BCUT2D eigenvalue weighted by Crippen LogP contribution is 2.19. The van der Waals surface area contributed by atoms with Crippen LogP contribution >= 0.6 is 0 Å². The second kappa shape index (κ2) is 4.19. The Bertz CT molecular complexity index is 407. The first kappa shape index (κ1) is 10.4. The number of pyridine rings is 1. The Morgan fingerprint density at radius 1 is 1.33 bits per heavy atom. The maximum Gasteiger partial charge on any atom is 0.252 e. The molecule has 0 radical (unpaired) electrons. The van der Waals surface area contributed by atoms with Gasteiger partial charge in [0.1, 0.15) is 0 Å². The molecule has 1 unspecified atom stereocenters. The second-order valence-corrected chi connectivity index (χ2v) is 4.41. The zero-order chi connectivity index (χ0) is 10.8. The third kappa shape index (κ3) is 2.12. The van der Waals surface area contributed by atoms with Gasteiger partial charge in [-0.1, -0.05) is 6.42 Å². The van der Waals surface area contributed by atoms with Crippen molar-refractivity contribution in [2.45, 2.75) is 45.1 Å². The molecule has 0 amide bonds. The van der Waals surface area contributed by atoms with Gasteiger partial charge in [-0.2, -0.15) is 0 Å². The third-order valence-corrected chi connectivity index (χ3v) is 3.11. The summed E-state index contributed by atoms with van der Waals surface area (Å²) in [5.41, 5.74) is 8.89. The number of nitrogens with two attached hydrogens (primary N) is 1. The molecule has 1 aromatic rings. The molecule has 3 heteroatoms. The predicted molar refractivity (Wildman–Crippen MR) is 60.9 cm³/mol. The van der Waals surface area contributed by atoms with Crippen molar-refractivity contribution < 1.29 is 0 Å². The van der Waals surface area contributed by atoms with E-state index in [1.54, 1.807) is 0 Å². The van der Waals surface area contributed by atoms with Crippen molar-refractivity contribution in [1.82, 2.24) is 4.98 Å². The number of aromatic amines is 1. The van der Waals surface area contributed by atoms with E-state index in [-0.39, 0.29) is 11.6 Å². The highest BCUT2D eigenvalue weighted by molar-refractivity contribution is 5.28. The Hall–Kier alpha value is -1.09. The SMILES string of the molecule is CC(N)c1cc2c([nH]c1=O)CCCCC2. The number of aromatic nitrogens is 1. The van der Waals surface area contributed by atoms with E-state index in [9.17, 15) is 4.79 Å². The Morgan fingerprint density at radius 3 is 2.80 bits per heavy atom. The van der Waals surface area contributed by atoms with E-state index in [0.717, 1.165) is 24.1 Å². The van der Waals surface area contributed by atoms with E-state index in [4.69, 9.17) is 5.73 Å². The molecule has 3 nitrogen and oxygen atoms in total. The van der Waals surface area contributed by atoms with Crippen LogP contribution in [-0.4, -0.2) is 4.98 Å². The Kier molecular flexibility index (Phi) is 2.91. The summed E-state index contributed by atoms with van der Waals surface area (Å²) < 4.78 is 0. The van der Waals surface area contributed by atoms with Gasteiger partial charge < -0.3 is 10.7 Å². The van der Waals surface area contributed by atoms with Gasteiger partial charge in [0.25, 0.3) is 5.56 Å². The minimum absolute atomic E-state index is 0.00866. The zero-order valence-corrected chi connectivity index (χ0v) is 9.18. The molecule has 1 heterocycles. The monoisotopic (exact) mass is 206 g/mol. The van der Waals surface area contributed by atoms with Crippen LogP contribution in [0.4, 0.5) is 0 Å². The first-order chi connectivity index (χ1) is 7.18. The summed E-state index contributed by atoms with van der Waals surface area (Å²) in [4.78, 5) is 14.7. The fraction of sp³-hybridized carbons (Fsp3) is 0.583. The lowest BCUT2D eigenvalue weighted by atomic mass is 10.0. The molecule has 1 aromatic heterocycles. The van der Waals surface area contributed by atoms with E-state index in [0.29, 0.717) is 0 Å². The van der Waals surface area contributed by atoms with Crippen LogP contribution in [-0.2, 0) is 12.8 Å². The molecule has 1 aliphatic carbocycles. The fourth-order valence-electron chi connectivity index (χ4n) is 2.21. The van der Waals surface area contributed by atoms with Gasteiger partial charge in [0.15, 0.2) is 0 Å². The summed E-state index contributed by atoms with van der Waals surface area (Å²) >= 11 is 0. The third-order valence-electron chi connectivity index (χ3n) is 3.11. The minimum Gasteiger partial charge on any atom is -0.326 e. The van der Waals surface area contributed by atoms with Crippen molar-refractivity contribution in [2.75, 3.05) is 0 Å². The maximum atomic E-state index is 11.7. The van der Waals surface area contributed by atoms with E-state index < -0.39 is 0 Å². The van der Waals surface area contributed by atoms with E-state index in [1.165, 1.54) is 24.8 Å². The van der Waals surface area contributed by atoms with Crippen molar-refractivity contribution >= 4 is 0 Å². The first-order valence-electron chi connectivity index (χ1n) is 5.69. The molecular formula is C12H18N2O. The van der Waals surface area contributed by atoms with Gasteiger partial charge >= 0.3 is 0 Å². The van der Waals surface area contributed by atoms with Gasteiger partial charge in [-0.15, -0.1) is 0 Å². The van der Waals surface area contributed by atoms with E-state index >= 15 is 0 Å². The summed E-state index contributed by atoms with van der Waals surface area (Å²) in [6, 6.07) is 1.83. The average Bonchev–Trinajstić information content (AvgIpc) is 2.40. The quantitative estimate of drug-likeness (QED) is 0.686. The molecule has 0 fully saturated rings. The van der Waals surface area contributed by atoms with Crippen LogP contribution in [0.5, 0.6) is 0 Å². The van der Waals surface area contributed by atoms with Gasteiger partial charge in [0.2, 0.25) is 0 Å². The maximum absolute atomic E-state index is 11.7. The summed E-state index contributed by atoms with van der Waals surface area (Å²) in [7, 11) is 0. The number of H-pyrrole nitrogens is 1. The van der Waals surface area contributed by atoms with Gasteiger partial charge in [-0.05, 0) is 44.2 Å². The van der Waals surface area contributed by atoms with Gasteiger partial charge in [-0.25, -0.2) is 0 Å². The average molecular weight is 206 g/mol. The standard InChI is InChI=1S/C12H18N2O/c1-8(13)10-7-9-5-3-2-4-6-11(9)14-12(10)15/h7-8H,2-6,13H2,1H3,(H,14,15). The topological polar surface area (TPSA) is 58.9 Å². The van der Waals surface area contributed by atoms with Crippen molar-refractivity contribution in [3.8, 4) is 0 Å². The fourth-order valence-corrected chi connectivity index (χ4v) is 2.21. The highest BCUT2D eigenvalue weighted by atomic mass is 16.1. The zero-order valence-electron chi connectivity index (χ0n) is 9.18. The van der Waals surface area contributed by atoms with Crippen molar-refractivity contribution in [3.05, 3.63) is 33.2 Å². The normalized spacial score (nSPS) is 18.0. The molecular weight excluding hydrogens is 188 g/mol. The smallest absolute Gasteiger partial charge is 0.252 e. The number of aryl methyl sites for hydroxylation is 2. The van der Waals surface area contributed by atoms with Crippen LogP contribution in [0.3, 0.4) is 0 Å². The van der Waals surface area contributed by atoms with Crippen LogP contribution < -0.4 is 11.3 Å². The Morgan fingerprint density at radius 2 is 2.07 bits per heavy atom. The first-order valence-corrected chi connectivity index (χ1v) is 5.69. The van der Waals surface area contributed by atoms with Gasteiger partial charge in [0.05, 0.1) is 0 Å². The Balaban J connectivity index is 2.47. The highest BCUT2D eigenvalue weighted by Gasteiger charge is 2.13. The van der Waals surface area contributed by atoms with Gasteiger partial charge in [0, 0.05) is 17.3 Å². The molecule has 3 N–H and O–H groups in total. The van der Waals surface area contributed by atoms with Crippen LogP contribution in [0.1, 0.15) is 49.0 Å². The minimum atomic E-state index is -0.178. The van der Waals surface area contributed by atoms with Crippen molar-refractivity contribution in [1.29, 1.82) is 0 Å². The number of rotatable bonds is 1. The molecule has 0 spiro atoms. The summed E-state index contributed by atoms with van der Waals surface area (Å²) in [6.07, 6.45) is 5.73. The van der Waals surface area contributed by atoms with Crippen LogP contribution in [0.2, 0.25) is 0 Å². The summed E-state index contributed by atoms with van der Waals surface area (Å²) in [5.74, 6) is 0. The second-order valence-electron chi connectivity index (χ2n) is 4.41. The molecule has 82 valence electrons. The molecule has 0 saturated heterocycles. The number of hydrogen-bond acceptors (Lipinski definition) is 2. The summed E-state index contributed by atoms with van der Waals surface area (Å²) in [5, 5.41) is 0. The lowest BCUT2D eigenvalue weighted by Gasteiger charge is -2.10. The lowest BCUT2D eigenvalue weighted by Crippen LogP contribution is -2.22. The van der Waals surface area contributed by atoms with Crippen LogP contribution in [0.15, 0.2) is 10.9 Å². The molecule has 0 aromatic carbocycles. The number of fused-ring (bicyclic) bond motifs is 1. The largest absolute Gasteiger partial charge is 0.326 e. The Labute approximate surface area is 89.7 Å². The molecule has 0 aliphatic heterocycles. The molecule has 1 atom stereocenters. The van der Waals surface area contributed by atoms with E-state index in [2.05, 4.69) is 4.98 Å². The van der Waals surface area contributed by atoms with Crippen LogP contribution in [0.25, 0.3) is 0 Å².